The van der Waals surface area contributed by atoms with Gasteiger partial charge < -0.3 is 10.0 Å². The number of carboxylic acid groups (broad SMARTS) is 1. The van der Waals surface area contributed by atoms with Crippen molar-refractivity contribution in [2.45, 2.75) is 51.5 Å². The van der Waals surface area contributed by atoms with Crippen molar-refractivity contribution in [1.82, 2.24) is 4.90 Å². The molecule has 1 fully saturated rings. The van der Waals surface area contributed by atoms with Crippen molar-refractivity contribution < 1.29 is 14.7 Å². The van der Waals surface area contributed by atoms with Crippen molar-refractivity contribution in [1.29, 1.82) is 0 Å². The Labute approximate surface area is 96.6 Å². The summed E-state index contributed by atoms with van der Waals surface area (Å²) in [5.41, 5.74) is -0.949. The lowest BCUT2D eigenvalue weighted by Crippen LogP contribution is -2.56. The van der Waals surface area contributed by atoms with E-state index >= 15 is 0 Å². The molecule has 0 aliphatic heterocycles. The summed E-state index contributed by atoms with van der Waals surface area (Å²) in [5, 5.41) is 9.43. The zero-order chi connectivity index (χ0) is 12.2. The molecule has 0 aromatic heterocycles. The van der Waals surface area contributed by atoms with Crippen LogP contribution in [0.15, 0.2) is 0 Å². The topological polar surface area (TPSA) is 57.6 Å². The molecule has 0 spiro atoms. The monoisotopic (exact) mass is 227 g/mol. The molecule has 0 saturated heterocycles. The summed E-state index contributed by atoms with van der Waals surface area (Å²) in [6, 6.07) is 0. The second-order valence-corrected chi connectivity index (χ2v) is 4.60. The van der Waals surface area contributed by atoms with Gasteiger partial charge in [-0.1, -0.05) is 26.2 Å². The van der Waals surface area contributed by atoms with Crippen LogP contribution < -0.4 is 0 Å². The van der Waals surface area contributed by atoms with Crippen LogP contribution in [0.2, 0.25) is 0 Å². The summed E-state index contributed by atoms with van der Waals surface area (Å²) in [6.45, 7) is 4.38. The fourth-order valence-corrected chi connectivity index (χ4v) is 2.77. The summed E-state index contributed by atoms with van der Waals surface area (Å²) in [4.78, 5) is 24.0. The highest BCUT2D eigenvalue weighted by molar-refractivity contribution is 5.81. The molecule has 4 nitrogen and oxygen atoms in total. The van der Waals surface area contributed by atoms with Crippen molar-refractivity contribution in [2.75, 3.05) is 6.54 Å². The SMILES string of the molecule is CCC1CCCC(C(=O)O)(N(C=O)CC)C1. The number of likely N-dealkylation sites (N-methyl/N-ethyl adjacent to an activating group) is 1. The minimum absolute atomic E-state index is 0.429. The van der Waals surface area contributed by atoms with Crippen LogP contribution in [0.25, 0.3) is 0 Å². The molecule has 0 bridgehead atoms. The van der Waals surface area contributed by atoms with E-state index < -0.39 is 11.5 Å². The van der Waals surface area contributed by atoms with Gasteiger partial charge in [0, 0.05) is 6.54 Å². The lowest BCUT2D eigenvalue weighted by molar-refractivity contribution is -0.159. The first-order valence-electron chi connectivity index (χ1n) is 6.06. The average molecular weight is 227 g/mol. The summed E-state index contributed by atoms with van der Waals surface area (Å²) in [6.07, 6.45) is 4.85. The van der Waals surface area contributed by atoms with Gasteiger partial charge in [-0.3, -0.25) is 4.79 Å². The molecule has 0 aromatic carbocycles. The minimum atomic E-state index is -0.949. The molecule has 0 aromatic rings. The molecular weight excluding hydrogens is 206 g/mol. The molecule has 0 heterocycles. The first-order valence-corrected chi connectivity index (χ1v) is 6.06. The van der Waals surface area contributed by atoms with E-state index in [1.807, 2.05) is 6.92 Å². The predicted octanol–water partition coefficient (Wildman–Crippen LogP) is 1.89. The van der Waals surface area contributed by atoms with Crippen LogP contribution in [0.4, 0.5) is 0 Å². The maximum Gasteiger partial charge on any atom is 0.329 e. The highest BCUT2D eigenvalue weighted by Crippen LogP contribution is 2.38. The number of hydrogen-bond donors (Lipinski definition) is 1. The predicted molar refractivity (Wildman–Crippen MR) is 61.1 cm³/mol. The van der Waals surface area contributed by atoms with Crippen LogP contribution in [0.1, 0.15) is 46.0 Å². The lowest BCUT2D eigenvalue weighted by Gasteiger charge is -2.43. The maximum absolute atomic E-state index is 11.5. The standard InChI is InChI=1S/C12H21NO3/c1-3-10-6-5-7-12(8-10,11(15)16)13(4-2)9-14/h9-10H,3-8H2,1-2H3,(H,15,16). The first kappa shape index (κ1) is 13.0. The van der Waals surface area contributed by atoms with Crippen LogP contribution in [0.5, 0.6) is 0 Å². The summed E-state index contributed by atoms with van der Waals surface area (Å²) in [7, 11) is 0. The molecule has 1 aliphatic rings. The molecule has 1 aliphatic carbocycles. The Hall–Kier alpha value is -1.06. The fourth-order valence-electron chi connectivity index (χ4n) is 2.77. The van der Waals surface area contributed by atoms with E-state index in [9.17, 15) is 14.7 Å². The first-order chi connectivity index (χ1) is 7.60. The van der Waals surface area contributed by atoms with Gasteiger partial charge in [-0.15, -0.1) is 0 Å². The molecule has 1 saturated carbocycles. The Morgan fingerprint density at radius 1 is 1.56 bits per heavy atom. The Bertz CT molecular complexity index is 267. The molecule has 2 unspecified atom stereocenters. The highest BCUT2D eigenvalue weighted by Gasteiger charge is 2.46. The van der Waals surface area contributed by atoms with Gasteiger partial charge in [0.25, 0.3) is 0 Å². The molecule has 1 amide bonds. The Morgan fingerprint density at radius 3 is 2.69 bits per heavy atom. The van der Waals surface area contributed by atoms with E-state index in [0.717, 1.165) is 19.3 Å². The number of rotatable bonds is 5. The van der Waals surface area contributed by atoms with E-state index in [0.29, 0.717) is 31.7 Å². The van der Waals surface area contributed by atoms with E-state index in [1.165, 1.54) is 4.90 Å². The lowest BCUT2D eigenvalue weighted by atomic mass is 9.74. The van der Waals surface area contributed by atoms with Crippen molar-refractivity contribution in [3.8, 4) is 0 Å². The van der Waals surface area contributed by atoms with Crippen LogP contribution in [-0.4, -0.2) is 34.5 Å². The third kappa shape index (κ3) is 2.20. The minimum Gasteiger partial charge on any atom is -0.479 e. The van der Waals surface area contributed by atoms with Gasteiger partial charge in [0.1, 0.15) is 5.54 Å². The average Bonchev–Trinajstić information content (AvgIpc) is 2.30. The van der Waals surface area contributed by atoms with Gasteiger partial charge in [0.2, 0.25) is 6.41 Å². The van der Waals surface area contributed by atoms with Gasteiger partial charge in [-0.2, -0.15) is 0 Å². The summed E-state index contributed by atoms with van der Waals surface area (Å²) in [5.74, 6) is -0.418. The highest BCUT2D eigenvalue weighted by atomic mass is 16.4. The molecule has 1 rings (SSSR count). The molecule has 16 heavy (non-hydrogen) atoms. The number of aliphatic carboxylic acids is 1. The maximum atomic E-state index is 11.5. The third-order valence-electron chi connectivity index (χ3n) is 3.82. The van der Waals surface area contributed by atoms with Crippen LogP contribution in [-0.2, 0) is 9.59 Å². The summed E-state index contributed by atoms with van der Waals surface area (Å²) >= 11 is 0. The van der Waals surface area contributed by atoms with Crippen molar-refractivity contribution >= 4 is 12.4 Å². The van der Waals surface area contributed by atoms with Crippen molar-refractivity contribution in [2.24, 2.45) is 5.92 Å². The molecule has 92 valence electrons. The van der Waals surface area contributed by atoms with Crippen LogP contribution >= 0.6 is 0 Å². The number of hydrogen-bond acceptors (Lipinski definition) is 2. The van der Waals surface area contributed by atoms with Gasteiger partial charge in [-0.25, -0.2) is 4.79 Å². The number of carboxylic acids is 1. The van der Waals surface area contributed by atoms with Gasteiger partial charge >= 0.3 is 5.97 Å². The normalized spacial score (nSPS) is 29.8. The number of carbonyl (C=O) groups is 2. The number of amides is 1. The molecule has 1 N–H and O–H groups in total. The quantitative estimate of drug-likeness (QED) is 0.730. The van der Waals surface area contributed by atoms with Gasteiger partial charge in [0.15, 0.2) is 0 Å². The van der Waals surface area contributed by atoms with Crippen LogP contribution in [0, 0.1) is 5.92 Å². The number of carbonyl (C=O) groups excluding carboxylic acids is 1. The Morgan fingerprint density at radius 2 is 2.25 bits per heavy atom. The van der Waals surface area contributed by atoms with Crippen molar-refractivity contribution in [3.05, 3.63) is 0 Å². The fraction of sp³-hybridized carbons (Fsp3) is 0.833. The second-order valence-electron chi connectivity index (χ2n) is 4.60. The zero-order valence-electron chi connectivity index (χ0n) is 10.1. The smallest absolute Gasteiger partial charge is 0.329 e. The number of nitrogens with zero attached hydrogens (tertiary/aromatic N) is 1. The summed E-state index contributed by atoms with van der Waals surface area (Å²) < 4.78 is 0. The molecular formula is C12H21NO3. The van der Waals surface area contributed by atoms with E-state index in [1.54, 1.807) is 0 Å². The second kappa shape index (κ2) is 5.32. The van der Waals surface area contributed by atoms with E-state index in [4.69, 9.17) is 0 Å². The van der Waals surface area contributed by atoms with Crippen molar-refractivity contribution in [3.63, 3.8) is 0 Å². The Kier molecular flexibility index (Phi) is 4.33. The van der Waals surface area contributed by atoms with Gasteiger partial charge in [0.05, 0.1) is 0 Å². The Balaban J connectivity index is 2.95. The van der Waals surface area contributed by atoms with E-state index in [2.05, 4.69) is 6.92 Å². The zero-order valence-corrected chi connectivity index (χ0v) is 10.1. The van der Waals surface area contributed by atoms with E-state index in [-0.39, 0.29) is 0 Å². The molecule has 2 atom stereocenters. The third-order valence-corrected chi connectivity index (χ3v) is 3.82. The van der Waals surface area contributed by atoms with Gasteiger partial charge in [-0.05, 0) is 25.7 Å². The molecule has 0 radical (unpaired) electrons. The van der Waals surface area contributed by atoms with Crippen LogP contribution in [0.3, 0.4) is 0 Å². The largest absolute Gasteiger partial charge is 0.479 e. The molecule has 4 heteroatoms.